The van der Waals surface area contributed by atoms with E-state index in [9.17, 15) is 19.8 Å². The lowest BCUT2D eigenvalue weighted by Crippen LogP contribution is -2.60. The number of hydrogen-bond donors (Lipinski definition) is 2. The first kappa shape index (κ1) is 19.4. The van der Waals surface area contributed by atoms with Crippen molar-refractivity contribution >= 4 is 29.4 Å². The van der Waals surface area contributed by atoms with Gasteiger partial charge in [-0.25, -0.2) is 4.79 Å². The number of ketones is 1. The van der Waals surface area contributed by atoms with Crippen molar-refractivity contribution in [3.63, 3.8) is 0 Å². The molecular weight excluding hydrogens is 380 g/mol. The third-order valence-electron chi connectivity index (χ3n) is 7.01. The molecule has 1 aromatic carbocycles. The molecule has 5 nitrogen and oxygen atoms in total. The average Bonchev–Trinajstić information content (AvgIpc) is 3.00. The Balaban J connectivity index is 1.87. The number of aliphatic hydroxyl groups excluding tert-OH is 1. The van der Waals surface area contributed by atoms with Crippen molar-refractivity contribution in [3.8, 4) is 0 Å². The van der Waals surface area contributed by atoms with Gasteiger partial charge in [0.2, 0.25) is 0 Å². The molecule has 0 radical (unpaired) electrons. The summed E-state index contributed by atoms with van der Waals surface area (Å²) in [5.41, 5.74) is -2.06. The van der Waals surface area contributed by atoms with Gasteiger partial charge < -0.3 is 14.9 Å². The van der Waals surface area contributed by atoms with Crippen molar-refractivity contribution in [1.82, 2.24) is 0 Å². The summed E-state index contributed by atoms with van der Waals surface area (Å²) < 4.78 is 5.55. The third kappa shape index (κ3) is 2.33. The van der Waals surface area contributed by atoms with Crippen LogP contribution >= 0.6 is 11.6 Å². The van der Waals surface area contributed by atoms with Gasteiger partial charge in [-0.2, -0.15) is 0 Å². The first-order valence-electron chi connectivity index (χ1n) is 9.44. The predicted molar refractivity (Wildman–Crippen MR) is 104 cm³/mol. The van der Waals surface area contributed by atoms with E-state index in [1.54, 1.807) is 37.3 Å². The number of hydrogen-bond acceptors (Lipinski definition) is 5. The highest BCUT2D eigenvalue weighted by Crippen LogP contribution is 2.60. The lowest BCUT2D eigenvalue weighted by atomic mass is 9.64. The maximum absolute atomic E-state index is 13.6. The van der Waals surface area contributed by atoms with Crippen molar-refractivity contribution in [1.29, 1.82) is 0 Å². The van der Waals surface area contributed by atoms with Gasteiger partial charge in [0, 0.05) is 22.1 Å². The van der Waals surface area contributed by atoms with Crippen LogP contribution in [0.2, 0.25) is 5.02 Å². The van der Waals surface area contributed by atoms with Gasteiger partial charge in [-0.15, -0.1) is 0 Å². The Morgan fingerprint density at radius 2 is 1.89 bits per heavy atom. The maximum Gasteiger partial charge on any atom is 0.334 e. The number of rotatable bonds is 1. The van der Waals surface area contributed by atoms with Crippen LogP contribution in [0.3, 0.4) is 0 Å². The highest BCUT2D eigenvalue weighted by Gasteiger charge is 2.73. The molecule has 1 aromatic rings. The van der Waals surface area contributed by atoms with Crippen LogP contribution in [0, 0.1) is 17.3 Å². The number of aliphatic hydroxyl groups is 2. The first-order chi connectivity index (χ1) is 13.1. The summed E-state index contributed by atoms with van der Waals surface area (Å²) in [5, 5.41) is 23.4. The molecule has 6 heteroatoms. The maximum atomic E-state index is 13.6. The van der Waals surface area contributed by atoms with E-state index in [0.29, 0.717) is 29.0 Å². The number of benzene rings is 1. The minimum Gasteiger partial charge on any atom is -0.457 e. The van der Waals surface area contributed by atoms with Gasteiger partial charge in [-0.05, 0) is 49.5 Å². The van der Waals surface area contributed by atoms with Gasteiger partial charge in [0.25, 0.3) is 0 Å². The molecule has 3 aliphatic rings. The zero-order valence-corrected chi connectivity index (χ0v) is 16.6. The Morgan fingerprint density at radius 1 is 1.25 bits per heavy atom. The summed E-state index contributed by atoms with van der Waals surface area (Å²) >= 11 is 5.92. The largest absolute Gasteiger partial charge is 0.457 e. The summed E-state index contributed by atoms with van der Waals surface area (Å²) in [4.78, 5) is 25.7. The molecule has 1 saturated heterocycles. The van der Waals surface area contributed by atoms with Gasteiger partial charge in [0.15, 0.2) is 5.78 Å². The number of Topliss-reactive ketones (excluding diaryl/α,β-unsaturated/α-hetero) is 1. The molecule has 4 rings (SSSR count). The SMILES string of the molecule is C=C1C(=O)O[C@@H]2[C@H]1CC[C@H](C)[C@]1(O)[C@@H](O)/C(=C\c3ccc(Cl)cc3)C(=O)[C@@]21C. The van der Waals surface area contributed by atoms with Gasteiger partial charge in [-0.3, -0.25) is 4.79 Å². The van der Waals surface area contributed by atoms with Crippen LogP contribution in [0.1, 0.15) is 32.3 Å². The molecule has 0 aromatic heterocycles. The van der Waals surface area contributed by atoms with E-state index in [2.05, 4.69) is 6.58 Å². The fraction of sp³-hybridized carbons (Fsp3) is 0.455. The molecule has 0 spiro atoms. The van der Waals surface area contributed by atoms with E-state index >= 15 is 0 Å². The lowest BCUT2D eigenvalue weighted by molar-refractivity contribution is -0.188. The molecule has 0 unspecified atom stereocenters. The standard InChI is InChI=1S/C22H23ClO5/c1-11-4-9-15-12(2)20(26)28-19(15)21(3)17(24)16(18(25)22(11,21)27)10-13-5-7-14(23)8-6-13/h5-8,10-11,15,18-19,25,27H,2,4,9H2,1,3H3/b16-10-/t11-,15-,18-,19+,21-,22-/m0/s1. The summed E-state index contributed by atoms with van der Waals surface area (Å²) in [6.45, 7) is 7.27. The van der Waals surface area contributed by atoms with Crippen LogP contribution in [0.5, 0.6) is 0 Å². The summed E-state index contributed by atoms with van der Waals surface area (Å²) in [7, 11) is 0. The summed E-state index contributed by atoms with van der Waals surface area (Å²) in [6, 6.07) is 6.85. The third-order valence-corrected chi connectivity index (χ3v) is 7.26. The number of carbonyl (C=O) groups excluding carboxylic acids is 2. The van der Waals surface area contributed by atoms with Crippen molar-refractivity contribution in [2.45, 2.75) is 44.5 Å². The number of ether oxygens (including phenoxy) is 1. The van der Waals surface area contributed by atoms with Crippen LogP contribution in [0.15, 0.2) is 42.0 Å². The van der Waals surface area contributed by atoms with Crippen LogP contribution in [-0.2, 0) is 14.3 Å². The number of carbonyl (C=O) groups is 2. The van der Waals surface area contributed by atoms with E-state index in [1.165, 1.54) is 0 Å². The zero-order chi connectivity index (χ0) is 20.4. The molecule has 2 N–H and O–H groups in total. The average molecular weight is 403 g/mol. The topological polar surface area (TPSA) is 83.8 Å². The Hall–Kier alpha value is -1.95. The van der Waals surface area contributed by atoms with Gasteiger partial charge in [-0.1, -0.05) is 37.2 Å². The molecule has 0 bridgehead atoms. The zero-order valence-electron chi connectivity index (χ0n) is 15.8. The van der Waals surface area contributed by atoms with E-state index in [-0.39, 0.29) is 17.4 Å². The minimum atomic E-state index is -1.74. The highest BCUT2D eigenvalue weighted by molar-refractivity contribution is 6.30. The predicted octanol–water partition coefficient (Wildman–Crippen LogP) is 2.93. The van der Waals surface area contributed by atoms with Crippen LogP contribution in [0.4, 0.5) is 0 Å². The van der Waals surface area contributed by atoms with E-state index in [1.807, 2.05) is 6.92 Å². The molecule has 0 amide bonds. The lowest BCUT2D eigenvalue weighted by Gasteiger charge is -2.44. The molecule has 6 atom stereocenters. The van der Waals surface area contributed by atoms with Gasteiger partial charge in [0.05, 0.1) is 5.41 Å². The second-order valence-corrected chi connectivity index (χ2v) is 8.78. The molecule has 2 saturated carbocycles. The van der Waals surface area contributed by atoms with Crippen molar-refractivity contribution in [2.75, 3.05) is 0 Å². The minimum absolute atomic E-state index is 0.119. The van der Waals surface area contributed by atoms with E-state index < -0.39 is 35.0 Å². The second-order valence-electron chi connectivity index (χ2n) is 8.35. The van der Waals surface area contributed by atoms with Crippen LogP contribution in [0.25, 0.3) is 6.08 Å². The monoisotopic (exact) mass is 402 g/mol. The summed E-state index contributed by atoms with van der Waals surface area (Å²) in [6.07, 6.45) is 0.461. The fourth-order valence-electron chi connectivity index (χ4n) is 5.25. The number of halogens is 1. The molecule has 2 aliphatic carbocycles. The fourth-order valence-corrected chi connectivity index (χ4v) is 5.38. The van der Waals surface area contributed by atoms with Crippen molar-refractivity contribution in [3.05, 3.63) is 52.6 Å². The summed E-state index contributed by atoms with van der Waals surface area (Å²) in [5.74, 6) is -1.65. The van der Waals surface area contributed by atoms with Crippen molar-refractivity contribution < 1.29 is 24.5 Å². The Labute approximate surface area is 168 Å². The smallest absolute Gasteiger partial charge is 0.334 e. The number of esters is 1. The van der Waals surface area contributed by atoms with Gasteiger partial charge >= 0.3 is 5.97 Å². The quantitative estimate of drug-likeness (QED) is 0.557. The Morgan fingerprint density at radius 3 is 2.54 bits per heavy atom. The number of fused-ring (bicyclic) bond motifs is 3. The van der Waals surface area contributed by atoms with Crippen LogP contribution in [-0.4, -0.2) is 39.8 Å². The van der Waals surface area contributed by atoms with E-state index in [4.69, 9.17) is 16.3 Å². The van der Waals surface area contributed by atoms with Crippen LogP contribution < -0.4 is 0 Å². The molecule has 1 aliphatic heterocycles. The normalized spacial score (nSPS) is 41.6. The molecule has 148 valence electrons. The first-order valence-corrected chi connectivity index (χ1v) is 9.82. The van der Waals surface area contributed by atoms with Gasteiger partial charge in [0.1, 0.15) is 17.8 Å². The van der Waals surface area contributed by atoms with Crippen molar-refractivity contribution in [2.24, 2.45) is 17.3 Å². The second kappa shape index (κ2) is 6.28. The molecular formula is C22H23ClO5. The highest BCUT2D eigenvalue weighted by atomic mass is 35.5. The molecule has 3 fully saturated rings. The Kier molecular flexibility index (Phi) is 4.34. The molecule has 1 heterocycles. The van der Waals surface area contributed by atoms with E-state index in [0.717, 1.165) is 0 Å². The Bertz CT molecular complexity index is 904. The molecule has 28 heavy (non-hydrogen) atoms.